The highest BCUT2D eigenvalue weighted by molar-refractivity contribution is 7.80. The molecule has 1 aromatic rings. The first-order valence-corrected chi connectivity index (χ1v) is 7.00. The summed E-state index contributed by atoms with van der Waals surface area (Å²) in [6, 6.07) is 0.199. The average Bonchev–Trinajstić information content (AvgIpc) is 2.56. The van der Waals surface area contributed by atoms with E-state index in [-0.39, 0.29) is 6.04 Å². The second kappa shape index (κ2) is 5.55. The summed E-state index contributed by atoms with van der Waals surface area (Å²) in [6.45, 7) is 3.79. The van der Waals surface area contributed by atoms with Crippen molar-refractivity contribution >= 4 is 28.8 Å². The number of halogens is 1. The lowest BCUT2D eigenvalue weighted by Gasteiger charge is -2.34. The highest BCUT2D eigenvalue weighted by Crippen LogP contribution is 2.25. The molecule has 0 saturated carbocycles. The summed E-state index contributed by atoms with van der Waals surface area (Å²) in [5.41, 5.74) is 7.90. The molecule has 6 heteroatoms. The van der Waals surface area contributed by atoms with Gasteiger partial charge in [-0.1, -0.05) is 30.2 Å². The molecule has 0 spiro atoms. The standard InChI is InChI=1S/C12H19ClN4S/c1-8-9(11(13)16(2)15-8)7-17-6-4-3-5-10(17)12(14)18/h10H,3-7H2,1-2H3,(H2,14,18). The van der Waals surface area contributed by atoms with Gasteiger partial charge in [0.05, 0.1) is 16.7 Å². The molecule has 100 valence electrons. The molecule has 2 rings (SSSR count). The summed E-state index contributed by atoms with van der Waals surface area (Å²) < 4.78 is 1.71. The third-order valence-corrected chi connectivity index (χ3v) is 4.32. The molecule has 18 heavy (non-hydrogen) atoms. The van der Waals surface area contributed by atoms with E-state index < -0.39 is 0 Å². The summed E-state index contributed by atoms with van der Waals surface area (Å²) in [4.78, 5) is 2.91. The van der Waals surface area contributed by atoms with Crippen molar-refractivity contribution in [3.8, 4) is 0 Å². The maximum Gasteiger partial charge on any atom is 0.131 e. The Kier molecular flexibility index (Phi) is 4.25. The molecule has 1 unspecified atom stereocenters. The molecule has 0 aromatic carbocycles. The minimum absolute atomic E-state index is 0.199. The van der Waals surface area contributed by atoms with Crippen molar-refractivity contribution in [1.82, 2.24) is 14.7 Å². The van der Waals surface area contributed by atoms with Crippen molar-refractivity contribution < 1.29 is 0 Å². The van der Waals surface area contributed by atoms with Gasteiger partial charge >= 0.3 is 0 Å². The predicted molar refractivity (Wildman–Crippen MR) is 77.8 cm³/mol. The number of aromatic nitrogens is 2. The van der Waals surface area contributed by atoms with E-state index in [1.54, 1.807) is 4.68 Å². The Bertz CT molecular complexity index is 457. The van der Waals surface area contributed by atoms with Crippen LogP contribution in [0.25, 0.3) is 0 Å². The fourth-order valence-electron chi connectivity index (χ4n) is 2.56. The van der Waals surface area contributed by atoms with Gasteiger partial charge in [0.25, 0.3) is 0 Å². The number of thiocarbonyl (C=S) groups is 1. The van der Waals surface area contributed by atoms with Crippen LogP contribution in [0.1, 0.15) is 30.5 Å². The molecule has 1 fully saturated rings. The van der Waals surface area contributed by atoms with Crippen LogP contribution in [0.5, 0.6) is 0 Å². The van der Waals surface area contributed by atoms with Crippen LogP contribution in [-0.4, -0.2) is 32.3 Å². The summed E-state index contributed by atoms with van der Waals surface area (Å²) in [6.07, 6.45) is 3.43. The number of nitrogens with two attached hydrogens (primary N) is 1. The highest BCUT2D eigenvalue weighted by Gasteiger charge is 2.26. The van der Waals surface area contributed by atoms with E-state index in [0.717, 1.165) is 30.8 Å². The molecule has 2 N–H and O–H groups in total. The molecule has 1 saturated heterocycles. The van der Waals surface area contributed by atoms with Gasteiger partial charge in [-0.05, 0) is 26.3 Å². The second-order valence-corrected chi connectivity index (χ2v) is 5.69. The first-order valence-electron chi connectivity index (χ1n) is 6.22. The lowest BCUT2D eigenvalue weighted by molar-refractivity contribution is 0.184. The number of likely N-dealkylation sites (tertiary alicyclic amines) is 1. The monoisotopic (exact) mass is 286 g/mol. The summed E-state index contributed by atoms with van der Waals surface area (Å²) >= 11 is 11.4. The number of hydrogen-bond donors (Lipinski definition) is 1. The van der Waals surface area contributed by atoms with Gasteiger partial charge in [-0.15, -0.1) is 0 Å². The van der Waals surface area contributed by atoms with Crippen LogP contribution in [0, 0.1) is 6.92 Å². The zero-order valence-electron chi connectivity index (χ0n) is 10.8. The Hall–Kier alpha value is -0.650. The van der Waals surface area contributed by atoms with E-state index in [2.05, 4.69) is 10.00 Å². The molecular formula is C12H19ClN4S. The van der Waals surface area contributed by atoms with E-state index in [0.29, 0.717) is 10.1 Å². The van der Waals surface area contributed by atoms with E-state index in [1.807, 2.05) is 14.0 Å². The number of nitrogens with zero attached hydrogens (tertiary/aromatic N) is 3. The number of piperidine rings is 1. The van der Waals surface area contributed by atoms with Crippen LogP contribution in [-0.2, 0) is 13.6 Å². The smallest absolute Gasteiger partial charge is 0.131 e. The van der Waals surface area contributed by atoms with E-state index in [4.69, 9.17) is 29.6 Å². The fraction of sp³-hybridized carbons (Fsp3) is 0.667. The molecule has 2 heterocycles. The first-order chi connectivity index (χ1) is 8.50. The van der Waals surface area contributed by atoms with Crippen LogP contribution in [0.15, 0.2) is 0 Å². The normalized spacial score (nSPS) is 21.2. The number of aryl methyl sites for hydroxylation is 2. The van der Waals surface area contributed by atoms with Gasteiger partial charge in [-0.25, -0.2) is 0 Å². The quantitative estimate of drug-likeness (QED) is 0.864. The summed E-state index contributed by atoms with van der Waals surface area (Å²) in [5, 5.41) is 5.05. The van der Waals surface area contributed by atoms with Gasteiger partial charge in [0.1, 0.15) is 5.15 Å². The largest absolute Gasteiger partial charge is 0.392 e. The maximum atomic E-state index is 6.27. The third-order valence-electron chi connectivity index (χ3n) is 3.57. The zero-order valence-corrected chi connectivity index (χ0v) is 12.4. The molecular weight excluding hydrogens is 268 g/mol. The van der Waals surface area contributed by atoms with Crippen LogP contribution in [0.3, 0.4) is 0 Å². The molecule has 0 amide bonds. The Morgan fingerprint density at radius 3 is 2.83 bits per heavy atom. The SMILES string of the molecule is Cc1nn(C)c(Cl)c1CN1CCCCC1C(N)=S. The minimum atomic E-state index is 0.199. The van der Waals surface area contributed by atoms with Gasteiger partial charge in [0, 0.05) is 19.2 Å². The Morgan fingerprint density at radius 1 is 1.56 bits per heavy atom. The zero-order chi connectivity index (χ0) is 13.3. The molecule has 0 radical (unpaired) electrons. The Balaban J connectivity index is 2.18. The Labute approximate surface area is 118 Å². The molecule has 0 aliphatic carbocycles. The van der Waals surface area contributed by atoms with Gasteiger partial charge in [0.15, 0.2) is 0 Å². The third kappa shape index (κ3) is 2.68. The molecule has 1 atom stereocenters. The summed E-state index contributed by atoms with van der Waals surface area (Å²) in [7, 11) is 1.86. The fourth-order valence-corrected chi connectivity index (χ4v) is 3.06. The lowest BCUT2D eigenvalue weighted by atomic mass is 10.0. The maximum absolute atomic E-state index is 6.27. The van der Waals surface area contributed by atoms with Crippen molar-refractivity contribution in [1.29, 1.82) is 0 Å². The van der Waals surface area contributed by atoms with Crippen molar-refractivity contribution in [2.24, 2.45) is 12.8 Å². The number of hydrogen-bond acceptors (Lipinski definition) is 3. The van der Waals surface area contributed by atoms with Crippen LogP contribution in [0.2, 0.25) is 5.15 Å². The van der Waals surface area contributed by atoms with Crippen molar-refractivity contribution in [2.75, 3.05) is 6.54 Å². The highest BCUT2D eigenvalue weighted by atomic mass is 35.5. The van der Waals surface area contributed by atoms with Gasteiger partial charge in [-0.3, -0.25) is 9.58 Å². The molecule has 4 nitrogen and oxygen atoms in total. The minimum Gasteiger partial charge on any atom is -0.392 e. The van der Waals surface area contributed by atoms with E-state index >= 15 is 0 Å². The van der Waals surface area contributed by atoms with E-state index in [1.165, 1.54) is 12.8 Å². The van der Waals surface area contributed by atoms with Crippen molar-refractivity contribution in [2.45, 2.75) is 38.8 Å². The van der Waals surface area contributed by atoms with Crippen LogP contribution >= 0.6 is 23.8 Å². The predicted octanol–water partition coefficient (Wildman–Crippen LogP) is 2.02. The molecule has 1 aromatic heterocycles. The Morgan fingerprint density at radius 2 is 2.28 bits per heavy atom. The van der Waals surface area contributed by atoms with E-state index in [9.17, 15) is 0 Å². The number of rotatable bonds is 3. The van der Waals surface area contributed by atoms with Crippen LogP contribution in [0.4, 0.5) is 0 Å². The lowest BCUT2D eigenvalue weighted by Crippen LogP contribution is -2.46. The van der Waals surface area contributed by atoms with Crippen LogP contribution < -0.4 is 5.73 Å². The van der Waals surface area contributed by atoms with Gasteiger partial charge in [-0.2, -0.15) is 5.10 Å². The molecule has 1 aliphatic rings. The molecule has 1 aliphatic heterocycles. The van der Waals surface area contributed by atoms with Gasteiger partial charge in [0.2, 0.25) is 0 Å². The average molecular weight is 287 g/mol. The molecule has 0 bridgehead atoms. The first kappa shape index (κ1) is 13.8. The van der Waals surface area contributed by atoms with Crippen molar-refractivity contribution in [3.05, 3.63) is 16.4 Å². The topological polar surface area (TPSA) is 47.1 Å². The summed E-state index contributed by atoms with van der Waals surface area (Å²) in [5.74, 6) is 0. The van der Waals surface area contributed by atoms with Crippen molar-refractivity contribution in [3.63, 3.8) is 0 Å². The second-order valence-electron chi connectivity index (χ2n) is 4.86. The van der Waals surface area contributed by atoms with Gasteiger partial charge < -0.3 is 5.73 Å².